The highest BCUT2D eigenvalue weighted by molar-refractivity contribution is 7.97. The van der Waals surface area contributed by atoms with Crippen LogP contribution in [0.15, 0.2) is 99.6 Å². The third-order valence-electron chi connectivity index (χ3n) is 3.27. The van der Waals surface area contributed by atoms with E-state index in [2.05, 4.69) is 91.9 Å². The van der Waals surface area contributed by atoms with Gasteiger partial charge in [0, 0.05) is 5.56 Å². The summed E-state index contributed by atoms with van der Waals surface area (Å²) in [6.07, 6.45) is 0. The summed E-state index contributed by atoms with van der Waals surface area (Å²) in [5, 5.41) is 0. The molecule has 0 aromatic heterocycles. The van der Waals surface area contributed by atoms with E-state index in [0.29, 0.717) is 0 Å². The van der Waals surface area contributed by atoms with Gasteiger partial charge in [0.2, 0.25) is 0 Å². The van der Waals surface area contributed by atoms with Crippen molar-refractivity contribution in [2.75, 3.05) is 0 Å². The van der Waals surface area contributed by atoms with E-state index >= 15 is 0 Å². The number of benzene rings is 3. The van der Waals surface area contributed by atoms with Crippen LogP contribution in [0.4, 0.5) is 0 Å². The Morgan fingerprint density at radius 3 is 1.36 bits per heavy atom. The summed E-state index contributed by atoms with van der Waals surface area (Å²) in [4.78, 5) is 4.14. The van der Waals surface area contributed by atoms with Gasteiger partial charge in [-0.2, -0.15) is 0 Å². The molecule has 0 N–H and O–H groups in total. The molecule has 0 aliphatic heterocycles. The molecule has 0 heterocycles. The van der Waals surface area contributed by atoms with Crippen LogP contribution in [0, 0.1) is 17.2 Å². The average molecular weight is 377 g/mol. The minimum Gasteiger partial charge on any atom is -0.222 e. The van der Waals surface area contributed by atoms with Gasteiger partial charge in [-0.3, -0.25) is 0 Å². The van der Waals surface area contributed by atoms with Crippen molar-refractivity contribution >= 4 is 10.9 Å². The lowest BCUT2D eigenvalue weighted by molar-refractivity contribution is -2.00. The maximum absolute atomic E-state index is 8.49. The first-order valence-electron chi connectivity index (χ1n) is 7.38. The van der Waals surface area contributed by atoms with E-state index in [0.717, 1.165) is 0 Å². The Bertz CT molecular complexity index is 731. The normalized spacial score (nSPS) is 11.0. The van der Waals surface area contributed by atoms with Gasteiger partial charge in [0.05, 0.1) is 10.9 Å². The maximum atomic E-state index is 8.49. The van der Waals surface area contributed by atoms with Gasteiger partial charge in [-0.05, 0) is 37.3 Å². The van der Waals surface area contributed by atoms with Crippen LogP contribution in [0.5, 0.6) is 0 Å². The lowest BCUT2D eigenvalue weighted by Crippen LogP contribution is -2.68. The lowest BCUT2D eigenvalue weighted by Gasteiger charge is -2.17. The molecule has 0 fully saturated rings. The molecule has 0 unspecified atom stereocenters. The predicted molar refractivity (Wildman–Crippen MR) is 86.2 cm³/mol. The van der Waals surface area contributed by atoms with Gasteiger partial charge in [-0.15, -0.1) is 10.2 Å². The Hall–Kier alpha value is -1.86. The molecular weight excluding hydrogens is 360 g/mol. The van der Waals surface area contributed by atoms with Gasteiger partial charge in [0.25, 0.3) is 0 Å². The molecule has 3 rings (SSSR count). The van der Waals surface area contributed by atoms with Crippen LogP contribution in [0.1, 0.15) is 5.56 Å². The van der Waals surface area contributed by atoms with E-state index in [9.17, 15) is 0 Å². The van der Waals surface area contributed by atoms with Crippen LogP contribution in [-0.4, -0.2) is 0 Å². The summed E-state index contributed by atoms with van der Waals surface area (Å²) in [5.74, 6) is 0. The molecule has 4 nitrogen and oxygen atoms in total. The SMILES string of the molecule is Cc1ccccc1[S+](c1ccccc1)c1ccccc1.[O-][Cl+3]([O-])([O-])[O-]. The molecule has 0 bridgehead atoms. The minimum atomic E-state index is -4.94. The standard InChI is InChI=1S/C19H17S.ClHO4/c1-16-10-8-9-15-19(16)20(17-11-4-2-5-12-17)18-13-6-3-7-14-18;2-1(3,4)5/h2-15H,1H3;(H,2,3,4,5)/q+1;/p-1. The van der Waals surface area contributed by atoms with Crippen molar-refractivity contribution in [1.29, 1.82) is 0 Å². The molecule has 0 spiro atoms. The zero-order valence-electron chi connectivity index (χ0n) is 13.5. The van der Waals surface area contributed by atoms with Crippen LogP contribution in [0.3, 0.4) is 0 Å². The van der Waals surface area contributed by atoms with Crippen molar-refractivity contribution in [3.05, 3.63) is 90.5 Å². The number of halogens is 1. The van der Waals surface area contributed by atoms with Crippen molar-refractivity contribution in [2.24, 2.45) is 0 Å². The maximum Gasteiger partial charge on any atom is 0.169 e. The lowest BCUT2D eigenvalue weighted by atomic mass is 10.2. The third kappa shape index (κ3) is 6.51. The molecule has 0 atom stereocenters. The Morgan fingerprint density at radius 2 is 0.960 bits per heavy atom. The molecule has 0 amide bonds. The van der Waals surface area contributed by atoms with Crippen molar-refractivity contribution in [3.63, 3.8) is 0 Å². The highest BCUT2D eigenvalue weighted by Crippen LogP contribution is 2.32. The van der Waals surface area contributed by atoms with Crippen LogP contribution in [0.2, 0.25) is 0 Å². The fourth-order valence-electron chi connectivity index (χ4n) is 2.29. The van der Waals surface area contributed by atoms with E-state index < -0.39 is 10.2 Å². The van der Waals surface area contributed by atoms with E-state index in [1.165, 1.54) is 20.2 Å². The molecule has 0 saturated carbocycles. The van der Waals surface area contributed by atoms with Crippen molar-refractivity contribution < 1.29 is 28.9 Å². The molecule has 25 heavy (non-hydrogen) atoms. The van der Waals surface area contributed by atoms with Gasteiger partial charge in [-0.25, -0.2) is 18.6 Å². The number of aryl methyl sites for hydroxylation is 1. The second-order valence-electron chi connectivity index (χ2n) is 5.08. The third-order valence-corrected chi connectivity index (χ3v) is 5.66. The van der Waals surface area contributed by atoms with Gasteiger partial charge in [0.1, 0.15) is 0 Å². The predicted octanol–water partition coefficient (Wildman–Crippen LogP) is 0.334. The van der Waals surface area contributed by atoms with E-state index in [-0.39, 0.29) is 10.9 Å². The van der Waals surface area contributed by atoms with E-state index in [1.54, 1.807) is 0 Å². The van der Waals surface area contributed by atoms with Crippen molar-refractivity contribution in [3.8, 4) is 0 Å². The van der Waals surface area contributed by atoms with Crippen molar-refractivity contribution in [1.82, 2.24) is 0 Å². The Morgan fingerprint density at radius 1 is 0.600 bits per heavy atom. The number of hydrogen-bond acceptors (Lipinski definition) is 4. The summed E-state index contributed by atoms with van der Waals surface area (Å²) < 4.78 is 34.0. The van der Waals surface area contributed by atoms with Crippen molar-refractivity contribution in [2.45, 2.75) is 21.6 Å². The first-order chi connectivity index (χ1) is 11.9. The zero-order chi connectivity index (χ0) is 18.3. The number of rotatable bonds is 3. The first-order valence-corrected chi connectivity index (χ1v) is 9.84. The molecule has 0 aliphatic rings. The molecule has 0 saturated heterocycles. The van der Waals surface area contributed by atoms with E-state index in [1.807, 2.05) is 0 Å². The van der Waals surface area contributed by atoms with Crippen LogP contribution >= 0.6 is 0 Å². The largest absolute Gasteiger partial charge is 0.222 e. The topological polar surface area (TPSA) is 92.2 Å². The van der Waals surface area contributed by atoms with Crippen LogP contribution in [0.25, 0.3) is 0 Å². The quantitative estimate of drug-likeness (QED) is 0.616. The second-order valence-corrected chi connectivity index (χ2v) is 7.83. The van der Waals surface area contributed by atoms with Gasteiger partial charge in [-0.1, -0.05) is 54.6 Å². The molecule has 0 aliphatic carbocycles. The Kier molecular flexibility index (Phi) is 7.01. The minimum absolute atomic E-state index is 0.0262. The zero-order valence-corrected chi connectivity index (χ0v) is 15.1. The highest BCUT2D eigenvalue weighted by atomic mass is 35.7. The molecule has 130 valence electrons. The Balaban J connectivity index is 0.000000399. The fourth-order valence-corrected chi connectivity index (χ4v) is 4.53. The Labute approximate surface area is 152 Å². The molecule has 3 aromatic carbocycles. The average Bonchev–Trinajstić information content (AvgIpc) is 2.57. The summed E-state index contributed by atoms with van der Waals surface area (Å²) in [6.45, 7) is 2.20. The highest BCUT2D eigenvalue weighted by Gasteiger charge is 2.29. The molecule has 0 radical (unpaired) electrons. The molecule has 6 heteroatoms. The summed E-state index contributed by atoms with van der Waals surface area (Å²) in [6, 6.07) is 30.2. The fraction of sp³-hybridized carbons (Fsp3) is 0.0526. The summed E-state index contributed by atoms with van der Waals surface area (Å²) in [7, 11) is -4.97. The number of hydrogen-bond donors (Lipinski definition) is 0. The monoisotopic (exact) mass is 376 g/mol. The van der Waals surface area contributed by atoms with Crippen LogP contribution < -0.4 is 18.6 Å². The van der Waals surface area contributed by atoms with Gasteiger partial charge < -0.3 is 0 Å². The van der Waals surface area contributed by atoms with Gasteiger partial charge in [0.15, 0.2) is 14.7 Å². The second kappa shape index (κ2) is 9.01. The molecule has 3 aromatic rings. The van der Waals surface area contributed by atoms with Gasteiger partial charge >= 0.3 is 0 Å². The summed E-state index contributed by atoms with van der Waals surface area (Å²) >= 11 is 0. The first kappa shape index (κ1) is 19.5. The smallest absolute Gasteiger partial charge is 0.169 e. The van der Waals surface area contributed by atoms with Crippen LogP contribution in [-0.2, 0) is 10.9 Å². The molecular formula is C19H17ClO4S. The van der Waals surface area contributed by atoms with E-state index in [4.69, 9.17) is 18.6 Å². The summed E-state index contributed by atoms with van der Waals surface area (Å²) in [5.41, 5.74) is 1.35.